The Kier molecular flexibility index (Phi) is 3.82. The number of rotatable bonds is 3. The van der Waals surface area contributed by atoms with Crippen molar-refractivity contribution in [2.45, 2.75) is 13.0 Å². The first kappa shape index (κ1) is 14.6. The van der Waals surface area contributed by atoms with Crippen LogP contribution in [0, 0.1) is 0 Å². The predicted molar refractivity (Wildman–Crippen MR) is 78.6 cm³/mol. The van der Waals surface area contributed by atoms with Gasteiger partial charge in [0, 0.05) is 32.4 Å². The molecular formula is C14H19N5O3. The highest BCUT2D eigenvalue weighted by atomic mass is 16.5. The molecule has 2 aliphatic rings. The van der Waals surface area contributed by atoms with Gasteiger partial charge in [-0.1, -0.05) is 0 Å². The Bertz CT molecular complexity index is 594. The third-order valence-corrected chi connectivity index (χ3v) is 3.93. The van der Waals surface area contributed by atoms with Gasteiger partial charge in [0.1, 0.15) is 6.04 Å². The molecule has 3 rings (SSSR count). The average molecular weight is 305 g/mol. The quantitative estimate of drug-likeness (QED) is 0.739. The van der Waals surface area contributed by atoms with Gasteiger partial charge in [0.2, 0.25) is 23.6 Å². The van der Waals surface area contributed by atoms with Gasteiger partial charge in [-0.05, 0) is 6.92 Å². The molecule has 8 heteroatoms. The number of fused-ring (bicyclic) bond motifs is 1. The molecule has 2 fully saturated rings. The van der Waals surface area contributed by atoms with E-state index in [4.69, 9.17) is 4.74 Å². The van der Waals surface area contributed by atoms with Crippen LogP contribution in [0.15, 0.2) is 12.3 Å². The summed E-state index contributed by atoms with van der Waals surface area (Å²) in [6.07, 6.45) is 1.64. The maximum atomic E-state index is 12.3. The second kappa shape index (κ2) is 5.78. The van der Waals surface area contributed by atoms with Crippen molar-refractivity contribution in [1.29, 1.82) is 0 Å². The van der Waals surface area contributed by atoms with E-state index in [1.807, 2.05) is 11.8 Å². The van der Waals surface area contributed by atoms with Gasteiger partial charge in [-0.2, -0.15) is 4.98 Å². The molecule has 0 aliphatic carbocycles. The number of likely N-dealkylation sites (N-methyl/N-ethyl adjacent to an activating group) is 1. The Morgan fingerprint density at radius 3 is 2.95 bits per heavy atom. The Balaban J connectivity index is 1.79. The van der Waals surface area contributed by atoms with Gasteiger partial charge in [0.15, 0.2) is 0 Å². The van der Waals surface area contributed by atoms with Crippen molar-refractivity contribution in [2.75, 3.05) is 44.7 Å². The highest BCUT2D eigenvalue weighted by molar-refractivity contribution is 5.95. The van der Waals surface area contributed by atoms with Crippen LogP contribution < -0.4 is 9.64 Å². The summed E-state index contributed by atoms with van der Waals surface area (Å²) in [6.45, 7) is 4.10. The lowest BCUT2D eigenvalue weighted by molar-refractivity contribution is -0.154. The topological polar surface area (TPSA) is 78.9 Å². The first-order valence-corrected chi connectivity index (χ1v) is 7.35. The van der Waals surface area contributed by atoms with Crippen molar-refractivity contribution in [1.82, 2.24) is 19.8 Å². The monoisotopic (exact) mass is 305 g/mol. The second-order valence-electron chi connectivity index (χ2n) is 5.37. The molecule has 1 aromatic rings. The second-order valence-corrected chi connectivity index (χ2v) is 5.37. The lowest BCUT2D eigenvalue weighted by Crippen LogP contribution is -2.66. The van der Waals surface area contributed by atoms with Crippen molar-refractivity contribution >= 4 is 17.8 Å². The summed E-state index contributed by atoms with van der Waals surface area (Å²) in [5.41, 5.74) is 0. The maximum absolute atomic E-state index is 12.3. The molecule has 0 saturated carbocycles. The molecule has 3 heterocycles. The van der Waals surface area contributed by atoms with E-state index in [9.17, 15) is 9.59 Å². The molecule has 2 saturated heterocycles. The molecule has 1 aromatic heterocycles. The number of amides is 2. The number of anilines is 1. The Morgan fingerprint density at radius 1 is 1.36 bits per heavy atom. The van der Waals surface area contributed by atoms with Gasteiger partial charge in [-0.3, -0.25) is 9.59 Å². The number of piperazine rings is 2. The number of aromatic nitrogens is 2. The molecular weight excluding hydrogens is 286 g/mol. The Labute approximate surface area is 128 Å². The summed E-state index contributed by atoms with van der Waals surface area (Å²) < 4.78 is 5.38. The smallest absolute Gasteiger partial charge is 0.247 e. The van der Waals surface area contributed by atoms with Crippen LogP contribution in [0.25, 0.3) is 0 Å². The maximum Gasteiger partial charge on any atom is 0.247 e. The molecule has 1 unspecified atom stereocenters. The lowest BCUT2D eigenvalue weighted by Gasteiger charge is -2.45. The van der Waals surface area contributed by atoms with Crippen LogP contribution in [0.2, 0.25) is 0 Å². The van der Waals surface area contributed by atoms with Crippen LogP contribution in [-0.2, 0) is 9.59 Å². The molecule has 2 aliphatic heterocycles. The minimum atomic E-state index is -0.459. The molecule has 8 nitrogen and oxygen atoms in total. The molecule has 0 N–H and O–H groups in total. The first-order valence-electron chi connectivity index (χ1n) is 7.35. The average Bonchev–Trinajstić information content (AvgIpc) is 2.53. The summed E-state index contributed by atoms with van der Waals surface area (Å²) in [5, 5.41) is 0. The van der Waals surface area contributed by atoms with Gasteiger partial charge in [-0.25, -0.2) is 4.98 Å². The van der Waals surface area contributed by atoms with E-state index in [-0.39, 0.29) is 18.4 Å². The zero-order valence-electron chi connectivity index (χ0n) is 12.7. The van der Waals surface area contributed by atoms with Crippen molar-refractivity contribution in [3.63, 3.8) is 0 Å². The van der Waals surface area contributed by atoms with Gasteiger partial charge in [-0.15, -0.1) is 0 Å². The fraction of sp³-hybridized carbons (Fsp3) is 0.571. The number of hydrogen-bond acceptors (Lipinski definition) is 6. The molecule has 1 atom stereocenters. The predicted octanol–water partition coefficient (Wildman–Crippen LogP) is -0.635. The van der Waals surface area contributed by atoms with Gasteiger partial charge in [0.05, 0.1) is 19.7 Å². The van der Waals surface area contributed by atoms with Crippen LogP contribution >= 0.6 is 0 Å². The number of carbonyl (C=O) groups is 2. The summed E-state index contributed by atoms with van der Waals surface area (Å²) >= 11 is 0. The summed E-state index contributed by atoms with van der Waals surface area (Å²) in [7, 11) is 1.66. The van der Waals surface area contributed by atoms with E-state index in [0.717, 1.165) is 0 Å². The Hall–Kier alpha value is -2.38. The molecule has 0 radical (unpaired) electrons. The van der Waals surface area contributed by atoms with E-state index >= 15 is 0 Å². The first-order chi connectivity index (χ1) is 10.6. The van der Waals surface area contributed by atoms with Gasteiger partial charge in [0.25, 0.3) is 0 Å². The van der Waals surface area contributed by atoms with Crippen LogP contribution in [-0.4, -0.2) is 77.5 Å². The summed E-state index contributed by atoms with van der Waals surface area (Å²) in [5.74, 6) is 0.998. The highest BCUT2D eigenvalue weighted by Crippen LogP contribution is 2.21. The van der Waals surface area contributed by atoms with Crippen LogP contribution in [0.3, 0.4) is 0 Å². The number of carbonyl (C=O) groups excluding carboxylic acids is 2. The van der Waals surface area contributed by atoms with Crippen molar-refractivity contribution in [2.24, 2.45) is 0 Å². The van der Waals surface area contributed by atoms with E-state index in [1.54, 1.807) is 24.2 Å². The fourth-order valence-electron chi connectivity index (χ4n) is 2.81. The van der Waals surface area contributed by atoms with E-state index in [1.165, 1.54) is 4.90 Å². The van der Waals surface area contributed by atoms with E-state index < -0.39 is 6.04 Å². The highest BCUT2D eigenvalue weighted by Gasteiger charge is 2.41. The Morgan fingerprint density at radius 2 is 2.18 bits per heavy atom. The number of nitrogens with zero attached hydrogens (tertiary/aromatic N) is 5. The van der Waals surface area contributed by atoms with E-state index in [0.29, 0.717) is 38.1 Å². The molecule has 2 amide bonds. The molecule has 0 bridgehead atoms. The SMILES string of the molecule is CCOc1ccnc(N2CCN3C(=O)CN(C)C(=O)C3C2)n1. The van der Waals surface area contributed by atoms with Crippen LogP contribution in [0.4, 0.5) is 5.95 Å². The van der Waals surface area contributed by atoms with Crippen molar-refractivity contribution < 1.29 is 14.3 Å². The molecule has 22 heavy (non-hydrogen) atoms. The minimum absolute atomic E-state index is 0.00395. The lowest BCUT2D eigenvalue weighted by atomic mass is 10.1. The molecule has 118 valence electrons. The minimum Gasteiger partial charge on any atom is -0.478 e. The fourth-order valence-corrected chi connectivity index (χ4v) is 2.81. The third kappa shape index (κ3) is 2.56. The van der Waals surface area contributed by atoms with E-state index in [2.05, 4.69) is 9.97 Å². The standard InChI is InChI=1S/C14H19N5O3/c1-3-22-11-4-5-15-14(16-11)18-6-7-19-10(8-18)13(21)17(2)9-12(19)20/h4-5,10H,3,6-9H2,1-2H3. The normalized spacial score (nSPS) is 21.9. The van der Waals surface area contributed by atoms with Crippen molar-refractivity contribution in [3.8, 4) is 5.88 Å². The zero-order chi connectivity index (χ0) is 15.7. The largest absolute Gasteiger partial charge is 0.478 e. The molecule has 0 aromatic carbocycles. The summed E-state index contributed by atoms with van der Waals surface area (Å²) in [4.78, 5) is 38.0. The summed E-state index contributed by atoms with van der Waals surface area (Å²) in [6, 6.07) is 1.24. The number of hydrogen-bond donors (Lipinski definition) is 0. The van der Waals surface area contributed by atoms with Crippen molar-refractivity contribution in [3.05, 3.63) is 12.3 Å². The number of ether oxygens (including phenoxy) is 1. The zero-order valence-corrected chi connectivity index (χ0v) is 12.7. The van der Waals surface area contributed by atoms with Crippen LogP contribution in [0.5, 0.6) is 5.88 Å². The van der Waals surface area contributed by atoms with Gasteiger partial charge < -0.3 is 19.4 Å². The molecule has 0 spiro atoms. The van der Waals surface area contributed by atoms with Gasteiger partial charge >= 0.3 is 0 Å². The van der Waals surface area contributed by atoms with Crippen LogP contribution in [0.1, 0.15) is 6.92 Å². The third-order valence-electron chi connectivity index (χ3n) is 3.93.